The second kappa shape index (κ2) is 26.5. The molecule has 3 atom stereocenters. The zero-order chi connectivity index (χ0) is 32.4. The molecule has 6 nitrogen and oxygen atoms in total. The number of ether oxygens (including phenoxy) is 1. The van der Waals surface area contributed by atoms with Crippen molar-refractivity contribution in [3.63, 3.8) is 0 Å². The van der Waals surface area contributed by atoms with Crippen LogP contribution in [0.4, 0.5) is 10.5 Å². The molecule has 44 heavy (non-hydrogen) atoms. The Labute approximate surface area is 275 Å². The van der Waals surface area contributed by atoms with Crippen LogP contribution < -0.4 is 5.32 Å². The SMILES string of the molecule is BCCCCCCC(CCCCCCC)NC(=O)OC(C)c1ccc(CSC(CCCCC)CCCCCC)cc1[N+](=O)[O-]. The minimum Gasteiger partial charge on any atom is -0.441 e. The number of nitrogens with one attached hydrogen (secondary N) is 1. The van der Waals surface area contributed by atoms with E-state index in [2.05, 4.69) is 33.9 Å². The van der Waals surface area contributed by atoms with Crippen LogP contribution in [0.5, 0.6) is 0 Å². The topological polar surface area (TPSA) is 81.5 Å². The highest BCUT2D eigenvalue weighted by molar-refractivity contribution is 7.99. The number of nitro benzene ring substituents is 1. The number of hydrogen-bond acceptors (Lipinski definition) is 5. The number of hydrogen-bond donors (Lipinski definition) is 1. The number of carbonyl (C=O) groups excluding carboxylic acids is 1. The molecule has 0 heterocycles. The van der Waals surface area contributed by atoms with E-state index in [9.17, 15) is 14.9 Å². The Morgan fingerprint density at radius 1 is 0.841 bits per heavy atom. The van der Waals surface area contributed by atoms with Gasteiger partial charge < -0.3 is 10.1 Å². The van der Waals surface area contributed by atoms with E-state index in [1.54, 1.807) is 19.1 Å². The maximum Gasteiger partial charge on any atom is 0.407 e. The summed E-state index contributed by atoms with van der Waals surface area (Å²) in [6.07, 6.45) is 23.9. The van der Waals surface area contributed by atoms with Gasteiger partial charge in [0.25, 0.3) is 5.69 Å². The number of thioether (sulfide) groups is 1. The fraction of sp³-hybridized carbons (Fsp3) is 0.806. The summed E-state index contributed by atoms with van der Waals surface area (Å²) in [4.78, 5) is 24.7. The minimum atomic E-state index is -0.702. The molecule has 252 valence electrons. The van der Waals surface area contributed by atoms with Crippen molar-refractivity contribution in [2.24, 2.45) is 0 Å². The van der Waals surface area contributed by atoms with Crippen molar-refractivity contribution in [3.8, 4) is 0 Å². The summed E-state index contributed by atoms with van der Waals surface area (Å²) in [5.74, 6) is 0.763. The summed E-state index contributed by atoms with van der Waals surface area (Å²) < 4.78 is 5.74. The van der Waals surface area contributed by atoms with Crippen LogP contribution in [0.15, 0.2) is 18.2 Å². The third-order valence-corrected chi connectivity index (χ3v) is 10.1. The zero-order valence-electron chi connectivity index (χ0n) is 29.0. The molecule has 0 bridgehead atoms. The average molecular weight is 633 g/mol. The summed E-state index contributed by atoms with van der Waals surface area (Å²) in [7, 11) is 2.22. The highest BCUT2D eigenvalue weighted by atomic mass is 32.2. The van der Waals surface area contributed by atoms with Gasteiger partial charge in [0, 0.05) is 23.1 Å². The molecule has 1 aromatic carbocycles. The number of benzene rings is 1. The smallest absolute Gasteiger partial charge is 0.407 e. The van der Waals surface area contributed by atoms with Crippen LogP contribution in [0.25, 0.3) is 0 Å². The molecule has 8 heteroatoms. The van der Waals surface area contributed by atoms with Crippen LogP contribution in [0.1, 0.15) is 173 Å². The normalized spacial score (nSPS) is 13.4. The van der Waals surface area contributed by atoms with E-state index in [4.69, 9.17) is 4.74 Å². The molecule has 0 spiro atoms. The van der Waals surface area contributed by atoms with Crippen LogP contribution in [0, 0.1) is 10.1 Å². The first-order valence-electron chi connectivity index (χ1n) is 18.2. The lowest BCUT2D eigenvalue weighted by Crippen LogP contribution is -2.35. The molecule has 0 saturated heterocycles. The van der Waals surface area contributed by atoms with Crippen molar-refractivity contribution in [2.45, 2.75) is 186 Å². The van der Waals surface area contributed by atoms with E-state index >= 15 is 0 Å². The predicted molar refractivity (Wildman–Crippen MR) is 193 cm³/mol. The molecule has 1 N–H and O–H groups in total. The quantitative estimate of drug-likeness (QED) is 0.0430. The number of rotatable bonds is 28. The third-order valence-electron chi connectivity index (χ3n) is 8.64. The van der Waals surface area contributed by atoms with E-state index in [0.717, 1.165) is 37.0 Å². The first-order valence-corrected chi connectivity index (χ1v) is 19.3. The van der Waals surface area contributed by atoms with Crippen molar-refractivity contribution >= 4 is 31.4 Å². The Hall–Kier alpha value is -1.70. The Morgan fingerprint density at radius 3 is 1.95 bits per heavy atom. The lowest BCUT2D eigenvalue weighted by Gasteiger charge is -2.21. The fourth-order valence-corrected chi connectivity index (χ4v) is 7.10. The first-order chi connectivity index (χ1) is 21.4. The van der Waals surface area contributed by atoms with Gasteiger partial charge in [0.1, 0.15) is 14.0 Å². The molecule has 1 rings (SSSR count). The van der Waals surface area contributed by atoms with E-state index in [0.29, 0.717) is 10.8 Å². The van der Waals surface area contributed by atoms with E-state index in [1.165, 1.54) is 109 Å². The zero-order valence-corrected chi connectivity index (χ0v) is 29.8. The molecule has 0 radical (unpaired) electrons. The van der Waals surface area contributed by atoms with Gasteiger partial charge in [-0.1, -0.05) is 136 Å². The van der Waals surface area contributed by atoms with Gasteiger partial charge in [0.2, 0.25) is 0 Å². The van der Waals surface area contributed by atoms with Crippen LogP contribution in [-0.2, 0) is 10.5 Å². The van der Waals surface area contributed by atoms with Gasteiger partial charge in [-0.2, -0.15) is 11.8 Å². The highest BCUT2D eigenvalue weighted by Crippen LogP contribution is 2.32. The molecule has 0 aliphatic heterocycles. The predicted octanol–water partition coefficient (Wildman–Crippen LogP) is 11.3. The summed E-state index contributed by atoms with van der Waals surface area (Å²) in [5.41, 5.74) is 1.45. The molecule has 0 saturated carbocycles. The standard InChI is InChI=1S/C36H65BN2O4S/c1-5-8-11-13-17-21-32(22-18-14-15-20-27-37)38-36(40)43-30(4)34-26-25-31(28-35(34)39(41)42)29-44-33(23-16-10-7-3)24-19-12-9-6-2/h25-26,28,30,32-33H,5-24,27,29,37H2,1-4H3,(H,38,40). The number of nitro groups is 1. The third kappa shape index (κ3) is 19.0. The maximum absolute atomic E-state index is 13.0. The van der Waals surface area contributed by atoms with Gasteiger partial charge in [0.05, 0.1) is 10.5 Å². The van der Waals surface area contributed by atoms with Crippen molar-refractivity contribution in [2.75, 3.05) is 0 Å². The molecule has 0 aliphatic carbocycles. The summed E-state index contributed by atoms with van der Waals surface area (Å²) in [6, 6.07) is 5.54. The van der Waals surface area contributed by atoms with Crippen molar-refractivity contribution in [1.82, 2.24) is 5.32 Å². The lowest BCUT2D eigenvalue weighted by atomic mass is 9.97. The largest absolute Gasteiger partial charge is 0.441 e. The van der Waals surface area contributed by atoms with E-state index in [-0.39, 0.29) is 16.7 Å². The molecule has 1 amide bonds. The van der Waals surface area contributed by atoms with Gasteiger partial charge >= 0.3 is 6.09 Å². The number of carbonyl (C=O) groups is 1. The highest BCUT2D eigenvalue weighted by Gasteiger charge is 2.24. The summed E-state index contributed by atoms with van der Waals surface area (Å²) in [5, 5.41) is 15.8. The molecular weight excluding hydrogens is 567 g/mol. The Kier molecular flexibility index (Phi) is 24.3. The number of unbranched alkanes of at least 4 members (excludes halogenated alkanes) is 12. The lowest BCUT2D eigenvalue weighted by molar-refractivity contribution is -0.386. The van der Waals surface area contributed by atoms with Crippen LogP contribution in [0.3, 0.4) is 0 Å². The van der Waals surface area contributed by atoms with Gasteiger partial charge in [0.15, 0.2) is 0 Å². The summed E-state index contributed by atoms with van der Waals surface area (Å²) in [6.45, 7) is 8.44. The van der Waals surface area contributed by atoms with Gasteiger partial charge in [-0.15, -0.1) is 0 Å². The van der Waals surface area contributed by atoms with E-state index in [1.807, 2.05) is 17.8 Å². The van der Waals surface area contributed by atoms with Gasteiger partial charge in [-0.05, 0) is 44.2 Å². The Bertz CT molecular complexity index is 874. The molecule has 0 aliphatic rings. The van der Waals surface area contributed by atoms with E-state index < -0.39 is 12.2 Å². The maximum atomic E-state index is 13.0. The first kappa shape index (κ1) is 40.3. The number of nitrogens with zero attached hydrogens (tertiary/aromatic N) is 1. The second-order valence-corrected chi connectivity index (χ2v) is 14.0. The second-order valence-electron chi connectivity index (χ2n) is 12.7. The number of alkyl carbamates (subject to hydrolysis) is 1. The van der Waals surface area contributed by atoms with Crippen LogP contribution in [-0.4, -0.2) is 30.2 Å². The average Bonchev–Trinajstić information content (AvgIpc) is 3.01. The number of amides is 1. The van der Waals surface area contributed by atoms with Crippen molar-refractivity contribution in [1.29, 1.82) is 0 Å². The monoisotopic (exact) mass is 632 g/mol. The Balaban J connectivity index is 2.80. The molecule has 0 aromatic heterocycles. The van der Waals surface area contributed by atoms with Crippen LogP contribution in [0.2, 0.25) is 6.32 Å². The molecule has 1 aromatic rings. The molecular formula is C36H65BN2O4S. The van der Waals surface area contributed by atoms with Crippen molar-refractivity contribution < 1.29 is 14.5 Å². The molecule has 3 unspecified atom stereocenters. The Morgan fingerprint density at radius 2 is 1.36 bits per heavy atom. The van der Waals surface area contributed by atoms with Crippen LogP contribution >= 0.6 is 11.8 Å². The van der Waals surface area contributed by atoms with Crippen molar-refractivity contribution in [3.05, 3.63) is 39.4 Å². The minimum absolute atomic E-state index is 0.0391. The molecule has 0 fully saturated rings. The van der Waals surface area contributed by atoms with Gasteiger partial charge in [-0.3, -0.25) is 10.1 Å². The van der Waals surface area contributed by atoms with Gasteiger partial charge in [-0.25, -0.2) is 4.79 Å². The summed E-state index contributed by atoms with van der Waals surface area (Å²) >= 11 is 1.94. The fourth-order valence-electron chi connectivity index (χ4n) is 5.83.